The number of para-hydroxylation sites is 1. The SMILES string of the molecule is C=CCn1c(SCC(=O)Nc2cccc(C(C)=O)c2)nnc1C(C)Oc1ccccc1C. The predicted molar refractivity (Wildman–Crippen MR) is 126 cm³/mol. The number of nitrogens with zero attached hydrogens (tertiary/aromatic N) is 3. The number of ether oxygens (including phenoxy) is 1. The molecule has 166 valence electrons. The molecule has 0 spiro atoms. The molecule has 1 unspecified atom stereocenters. The second-order valence-electron chi connectivity index (χ2n) is 7.24. The van der Waals surface area contributed by atoms with E-state index in [2.05, 4.69) is 22.1 Å². The largest absolute Gasteiger partial charge is 0.482 e. The maximum absolute atomic E-state index is 12.4. The molecule has 1 heterocycles. The van der Waals surface area contributed by atoms with Crippen molar-refractivity contribution < 1.29 is 14.3 Å². The highest BCUT2D eigenvalue weighted by atomic mass is 32.2. The number of carbonyl (C=O) groups is 2. The van der Waals surface area contributed by atoms with Crippen LogP contribution in [0.2, 0.25) is 0 Å². The fraction of sp³-hybridized carbons (Fsp3) is 0.250. The number of aryl methyl sites for hydroxylation is 1. The van der Waals surface area contributed by atoms with Crippen molar-refractivity contribution in [3.8, 4) is 5.75 Å². The number of nitrogens with one attached hydrogen (secondary N) is 1. The Balaban J connectivity index is 1.68. The van der Waals surface area contributed by atoms with Gasteiger partial charge < -0.3 is 10.1 Å². The summed E-state index contributed by atoms with van der Waals surface area (Å²) in [5.74, 6) is 1.34. The fourth-order valence-electron chi connectivity index (χ4n) is 3.08. The van der Waals surface area contributed by atoms with Crippen LogP contribution in [0.3, 0.4) is 0 Å². The maximum Gasteiger partial charge on any atom is 0.234 e. The van der Waals surface area contributed by atoms with Crippen LogP contribution in [0.4, 0.5) is 5.69 Å². The molecule has 1 aromatic heterocycles. The van der Waals surface area contributed by atoms with Gasteiger partial charge in [-0.05, 0) is 44.5 Å². The number of benzene rings is 2. The molecule has 0 aliphatic rings. The van der Waals surface area contributed by atoms with E-state index in [0.717, 1.165) is 11.3 Å². The highest BCUT2D eigenvalue weighted by molar-refractivity contribution is 7.99. The molecule has 1 amide bonds. The van der Waals surface area contributed by atoms with E-state index in [4.69, 9.17) is 4.74 Å². The van der Waals surface area contributed by atoms with Crippen molar-refractivity contribution in [3.05, 3.63) is 78.1 Å². The third kappa shape index (κ3) is 5.85. The number of ketones is 1. The van der Waals surface area contributed by atoms with Crippen LogP contribution in [0, 0.1) is 6.92 Å². The lowest BCUT2D eigenvalue weighted by molar-refractivity contribution is -0.113. The first-order valence-corrected chi connectivity index (χ1v) is 11.2. The van der Waals surface area contributed by atoms with Crippen LogP contribution in [0.15, 0.2) is 66.3 Å². The lowest BCUT2D eigenvalue weighted by Crippen LogP contribution is -2.16. The van der Waals surface area contributed by atoms with Crippen LogP contribution >= 0.6 is 11.8 Å². The molecule has 3 aromatic rings. The van der Waals surface area contributed by atoms with E-state index in [1.54, 1.807) is 30.3 Å². The lowest BCUT2D eigenvalue weighted by Gasteiger charge is -2.17. The van der Waals surface area contributed by atoms with Crippen molar-refractivity contribution in [2.45, 2.75) is 38.6 Å². The molecule has 3 rings (SSSR count). The van der Waals surface area contributed by atoms with E-state index >= 15 is 0 Å². The minimum atomic E-state index is -0.332. The van der Waals surface area contributed by atoms with Crippen LogP contribution in [0.25, 0.3) is 0 Å². The lowest BCUT2D eigenvalue weighted by atomic mass is 10.1. The molecule has 0 bridgehead atoms. The molecular weight excluding hydrogens is 424 g/mol. The number of hydrogen-bond donors (Lipinski definition) is 1. The van der Waals surface area contributed by atoms with Crippen LogP contribution in [0.1, 0.15) is 41.7 Å². The summed E-state index contributed by atoms with van der Waals surface area (Å²) in [4.78, 5) is 24.0. The Hall–Kier alpha value is -3.39. The van der Waals surface area contributed by atoms with Crippen molar-refractivity contribution in [2.24, 2.45) is 0 Å². The van der Waals surface area contributed by atoms with Gasteiger partial charge in [0.2, 0.25) is 5.91 Å². The monoisotopic (exact) mass is 450 g/mol. The van der Waals surface area contributed by atoms with Gasteiger partial charge in [0, 0.05) is 17.8 Å². The Morgan fingerprint density at radius 2 is 2.00 bits per heavy atom. The Kier molecular flexibility index (Phi) is 7.83. The summed E-state index contributed by atoms with van der Waals surface area (Å²) in [6, 6.07) is 14.7. The molecule has 8 heteroatoms. The summed E-state index contributed by atoms with van der Waals surface area (Å²) >= 11 is 1.28. The topological polar surface area (TPSA) is 86.1 Å². The predicted octanol–water partition coefficient (Wildman–Crippen LogP) is 4.85. The van der Waals surface area contributed by atoms with Gasteiger partial charge in [-0.2, -0.15) is 0 Å². The molecule has 32 heavy (non-hydrogen) atoms. The fourth-order valence-corrected chi connectivity index (χ4v) is 3.84. The van der Waals surface area contributed by atoms with Crippen molar-refractivity contribution in [1.29, 1.82) is 0 Å². The van der Waals surface area contributed by atoms with Crippen LogP contribution in [0.5, 0.6) is 5.75 Å². The molecule has 2 aromatic carbocycles. The van der Waals surface area contributed by atoms with Gasteiger partial charge in [0.05, 0.1) is 5.75 Å². The zero-order valence-electron chi connectivity index (χ0n) is 18.4. The summed E-state index contributed by atoms with van der Waals surface area (Å²) in [5, 5.41) is 12.0. The first-order chi connectivity index (χ1) is 15.4. The molecular formula is C24H26N4O3S. The Bertz CT molecular complexity index is 1130. The molecule has 0 saturated heterocycles. The minimum Gasteiger partial charge on any atom is -0.482 e. The second kappa shape index (κ2) is 10.8. The normalized spacial score (nSPS) is 11.6. The summed E-state index contributed by atoms with van der Waals surface area (Å²) in [6.07, 6.45) is 1.42. The van der Waals surface area contributed by atoms with Gasteiger partial charge in [-0.1, -0.05) is 48.2 Å². The van der Waals surface area contributed by atoms with E-state index in [-0.39, 0.29) is 23.5 Å². The van der Waals surface area contributed by atoms with Crippen molar-refractivity contribution in [3.63, 3.8) is 0 Å². The zero-order chi connectivity index (χ0) is 23.1. The number of hydrogen-bond acceptors (Lipinski definition) is 6. The van der Waals surface area contributed by atoms with Gasteiger partial charge >= 0.3 is 0 Å². The Labute approximate surface area is 191 Å². The number of amides is 1. The van der Waals surface area contributed by atoms with Crippen LogP contribution < -0.4 is 10.1 Å². The first kappa shape index (κ1) is 23.3. The molecule has 0 radical (unpaired) electrons. The average molecular weight is 451 g/mol. The highest BCUT2D eigenvalue weighted by Crippen LogP contribution is 2.26. The Morgan fingerprint density at radius 3 is 2.72 bits per heavy atom. The molecule has 7 nitrogen and oxygen atoms in total. The summed E-state index contributed by atoms with van der Waals surface area (Å²) in [7, 11) is 0. The maximum atomic E-state index is 12.4. The molecule has 0 fully saturated rings. The van der Waals surface area contributed by atoms with Gasteiger partial charge in [0.25, 0.3) is 0 Å². The molecule has 1 atom stereocenters. The quantitative estimate of drug-likeness (QED) is 0.270. The van der Waals surface area contributed by atoms with E-state index in [1.165, 1.54) is 18.7 Å². The molecule has 0 aliphatic carbocycles. The number of Topliss-reactive ketones (excluding diaryl/α,β-unsaturated/α-hetero) is 1. The number of rotatable bonds is 10. The van der Waals surface area contributed by atoms with Gasteiger partial charge in [-0.3, -0.25) is 14.2 Å². The standard InChI is InChI=1S/C24H26N4O3S/c1-5-13-28-23(18(4)31-21-12-7-6-9-16(21)2)26-27-24(28)32-15-22(30)25-20-11-8-10-19(14-20)17(3)29/h5-12,14,18H,1,13,15H2,2-4H3,(H,25,30). The summed E-state index contributed by atoms with van der Waals surface area (Å²) < 4.78 is 7.99. The van der Waals surface area contributed by atoms with E-state index in [1.807, 2.05) is 42.7 Å². The van der Waals surface area contributed by atoms with Crippen molar-refractivity contribution >= 4 is 29.1 Å². The van der Waals surface area contributed by atoms with Gasteiger partial charge in [-0.15, -0.1) is 16.8 Å². The number of aromatic nitrogens is 3. The van der Waals surface area contributed by atoms with Crippen molar-refractivity contribution in [1.82, 2.24) is 14.8 Å². The molecule has 0 aliphatic heterocycles. The number of allylic oxidation sites excluding steroid dienone is 1. The number of anilines is 1. The van der Waals surface area contributed by atoms with Gasteiger partial charge in [0.15, 0.2) is 22.9 Å². The smallest absolute Gasteiger partial charge is 0.234 e. The van der Waals surface area contributed by atoms with Crippen LogP contribution in [-0.2, 0) is 11.3 Å². The summed E-state index contributed by atoms with van der Waals surface area (Å²) in [5.41, 5.74) is 2.17. The first-order valence-electron chi connectivity index (χ1n) is 10.2. The average Bonchev–Trinajstić information content (AvgIpc) is 3.17. The Morgan fingerprint density at radius 1 is 1.22 bits per heavy atom. The summed E-state index contributed by atoms with van der Waals surface area (Å²) in [6.45, 7) is 9.71. The van der Waals surface area contributed by atoms with Gasteiger partial charge in [0.1, 0.15) is 5.75 Å². The minimum absolute atomic E-state index is 0.0532. The van der Waals surface area contributed by atoms with Crippen LogP contribution in [-0.4, -0.2) is 32.2 Å². The van der Waals surface area contributed by atoms with E-state index < -0.39 is 0 Å². The van der Waals surface area contributed by atoms with Crippen molar-refractivity contribution in [2.75, 3.05) is 11.1 Å². The number of thioether (sulfide) groups is 1. The molecule has 0 saturated carbocycles. The van der Waals surface area contributed by atoms with E-state index in [0.29, 0.717) is 28.8 Å². The third-order valence-corrected chi connectivity index (χ3v) is 5.67. The third-order valence-electron chi connectivity index (χ3n) is 4.70. The number of carbonyl (C=O) groups excluding carboxylic acids is 2. The van der Waals surface area contributed by atoms with Gasteiger partial charge in [-0.25, -0.2) is 0 Å². The second-order valence-corrected chi connectivity index (χ2v) is 8.18. The zero-order valence-corrected chi connectivity index (χ0v) is 19.2. The highest BCUT2D eigenvalue weighted by Gasteiger charge is 2.20. The molecule has 1 N–H and O–H groups in total. The van der Waals surface area contributed by atoms with E-state index in [9.17, 15) is 9.59 Å².